The van der Waals surface area contributed by atoms with Crippen LogP contribution in [0.2, 0.25) is 0 Å². The van der Waals surface area contributed by atoms with Crippen molar-refractivity contribution in [2.45, 2.75) is 19.8 Å². The van der Waals surface area contributed by atoms with Gasteiger partial charge in [-0.3, -0.25) is 0 Å². The van der Waals surface area contributed by atoms with Crippen LogP contribution in [0.1, 0.15) is 25.3 Å². The highest BCUT2D eigenvalue weighted by molar-refractivity contribution is 7.26. The Labute approximate surface area is 122 Å². The van der Waals surface area contributed by atoms with Gasteiger partial charge in [0.1, 0.15) is 0 Å². The van der Waals surface area contributed by atoms with Crippen LogP contribution in [0.3, 0.4) is 0 Å². The van der Waals surface area contributed by atoms with E-state index in [0.29, 0.717) is 5.92 Å². The van der Waals surface area contributed by atoms with Gasteiger partial charge in [0.05, 0.1) is 0 Å². The molecule has 1 heterocycles. The lowest BCUT2D eigenvalue weighted by molar-refractivity contribution is 0.887. The van der Waals surface area contributed by atoms with Crippen molar-refractivity contribution in [1.29, 1.82) is 0 Å². The maximum absolute atomic E-state index is 2.36. The molecule has 3 aromatic carbocycles. The molecule has 0 saturated carbocycles. The van der Waals surface area contributed by atoms with Gasteiger partial charge in [-0.15, -0.1) is 11.3 Å². The third-order valence-electron chi connectivity index (χ3n) is 4.01. The Hall–Kier alpha value is -1.86. The maximum Gasteiger partial charge on any atom is 0.0396 e. The molecule has 1 aromatic heterocycles. The monoisotopic (exact) mass is 276 g/mol. The fourth-order valence-electron chi connectivity index (χ4n) is 3.13. The van der Waals surface area contributed by atoms with Gasteiger partial charge >= 0.3 is 0 Å². The zero-order chi connectivity index (χ0) is 13.7. The first-order valence-corrected chi connectivity index (χ1v) is 7.90. The van der Waals surface area contributed by atoms with E-state index in [1.54, 1.807) is 0 Å². The fraction of sp³-hybridized carbons (Fsp3) is 0.158. The molecule has 0 unspecified atom stereocenters. The van der Waals surface area contributed by atoms with E-state index in [0.717, 1.165) is 0 Å². The minimum absolute atomic E-state index is 0.539. The van der Waals surface area contributed by atoms with Crippen LogP contribution in [-0.4, -0.2) is 0 Å². The molecule has 20 heavy (non-hydrogen) atoms. The predicted molar refractivity (Wildman–Crippen MR) is 90.9 cm³/mol. The van der Waals surface area contributed by atoms with Gasteiger partial charge in [0, 0.05) is 20.2 Å². The van der Waals surface area contributed by atoms with Gasteiger partial charge in [-0.1, -0.05) is 56.3 Å². The van der Waals surface area contributed by atoms with E-state index >= 15 is 0 Å². The van der Waals surface area contributed by atoms with Crippen LogP contribution in [0, 0.1) is 0 Å². The lowest BCUT2D eigenvalue weighted by Gasteiger charge is -2.12. The summed E-state index contributed by atoms with van der Waals surface area (Å²) in [6.45, 7) is 4.59. The van der Waals surface area contributed by atoms with Crippen molar-refractivity contribution in [2.75, 3.05) is 0 Å². The van der Waals surface area contributed by atoms with Gasteiger partial charge in [-0.05, 0) is 34.4 Å². The van der Waals surface area contributed by atoms with Crippen LogP contribution in [0.25, 0.3) is 30.9 Å². The Balaban J connectivity index is 2.31. The molecule has 4 aromatic rings. The highest BCUT2D eigenvalue weighted by Crippen LogP contribution is 2.41. The first-order chi connectivity index (χ1) is 9.75. The van der Waals surface area contributed by atoms with E-state index in [4.69, 9.17) is 0 Å². The fourth-order valence-corrected chi connectivity index (χ4v) is 4.52. The summed E-state index contributed by atoms with van der Waals surface area (Å²) in [6, 6.07) is 19.9. The number of fused-ring (bicyclic) bond motifs is 4. The summed E-state index contributed by atoms with van der Waals surface area (Å²) in [5.41, 5.74) is 1.50. The number of benzene rings is 3. The predicted octanol–water partition coefficient (Wildman–Crippen LogP) is 6.33. The van der Waals surface area contributed by atoms with Crippen LogP contribution in [0.15, 0.2) is 54.6 Å². The van der Waals surface area contributed by atoms with Crippen LogP contribution < -0.4 is 0 Å². The third kappa shape index (κ3) is 1.60. The largest absolute Gasteiger partial charge is 0.135 e. The quantitative estimate of drug-likeness (QED) is 0.381. The molecular formula is C19H16S. The van der Waals surface area contributed by atoms with Crippen LogP contribution >= 0.6 is 11.3 Å². The van der Waals surface area contributed by atoms with Crippen molar-refractivity contribution in [2.24, 2.45) is 0 Å². The minimum atomic E-state index is 0.539. The summed E-state index contributed by atoms with van der Waals surface area (Å²) >= 11 is 1.93. The number of thiophene rings is 1. The molecule has 0 nitrogen and oxygen atoms in total. The maximum atomic E-state index is 2.36. The summed E-state index contributed by atoms with van der Waals surface area (Å²) in [5, 5.41) is 5.56. The molecule has 0 bridgehead atoms. The average molecular weight is 276 g/mol. The Morgan fingerprint density at radius 1 is 0.800 bits per heavy atom. The van der Waals surface area contributed by atoms with E-state index in [2.05, 4.69) is 68.4 Å². The molecule has 0 fully saturated rings. The minimum Gasteiger partial charge on any atom is -0.135 e. The smallest absolute Gasteiger partial charge is 0.0396 e. The molecule has 98 valence electrons. The molecule has 0 radical (unpaired) electrons. The van der Waals surface area contributed by atoms with Gasteiger partial charge in [0.2, 0.25) is 0 Å². The van der Waals surface area contributed by atoms with E-state index < -0.39 is 0 Å². The van der Waals surface area contributed by atoms with Gasteiger partial charge in [0.25, 0.3) is 0 Å². The summed E-state index contributed by atoms with van der Waals surface area (Å²) in [7, 11) is 0. The molecular weight excluding hydrogens is 260 g/mol. The van der Waals surface area contributed by atoms with Crippen molar-refractivity contribution in [3.63, 3.8) is 0 Å². The zero-order valence-corrected chi connectivity index (χ0v) is 12.5. The summed E-state index contributed by atoms with van der Waals surface area (Å²) < 4.78 is 2.85. The number of rotatable bonds is 1. The first kappa shape index (κ1) is 11.9. The second kappa shape index (κ2) is 4.32. The average Bonchev–Trinajstić information content (AvgIpc) is 2.82. The van der Waals surface area contributed by atoms with Crippen molar-refractivity contribution in [3.05, 3.63) is 60.2 Å². The molecule has 0 aliphatic heterocycles. The van der Waals surface area contributed by atoms with E-state index in [9.17, 15) is 0 Å². The molecule has 0 aliphatic rings. The Bertz CT molecular complexity index is 928. The molecule has 0 amide bonds. The van der Waals surface area contributed by atoms with Crippen LogP contribution in [0.5, 0.6) is 0 Å². The van der Waals surface area contributed by atoms with Gasteiger partial charge in [-0.2, -0.15) is 0 Å². The van der Waals surface area contributed by atoms with Gasteiger partial charge in [-0.25, -0.2) is 0 Å². The van der Waals surface area contributed by atoms with Crippen LogP contribution in [0.4, 0.5) is 0 Å². The molecule has 4 rings (SSSR count). The summed E-state index contributed by atoms with van der Waals surface area (Å²) in [6.07, 6.45) is 0. The van der Waals surface area contributed by atoms with E-state index in [1.165, 1.54) is 36.5 Å². The molecule has 0 saturated heterocycles. The second-order valence-electron chi connectivity index (χ2n) is 5.64. The Kier molecular flexibility index (Phi) is 2.58. The SMILES string of the molecule is CC(C)c1c2ccccc2cc2c1sc1ccccc12. The zero-order valence-electron chi connectivity index (χ0n) is 11.7. The molecule has 0 spiro atoms. The van der Waals surface area contributed by atoms with Gasteiger partial charge < -0.3 is 0 Å². The van der Waals surface area contributed by atoms with Crippen molar-refractivity contribution in [3.8, 4) is 0 Å². The Morgan fingerprint density at radius 3 is 2.30 bits per heavy atom. The van der Waals surface area contributed by atoms with Gasteiger partial charge in [0.15, 0.2) is 0 Å². The lowest BCUT2D eigenvalue weighted by Crippen LogP contribution is -1.90. The Morgan fingerprint density at radius 2 is 1.50 bits per heavy atom. The topological polar surface area (TPSA) is 0 Å². The standard InChI is InChI=1S/C19H16S/c1-12(2)18-14-8-4-3-7-13(14)11-16-15-9-5-6-10-17(15)20-19(16)18/h3-12H,1-2H3. The molecule has 0 aliphatic carbocycles. The van der Waals surface area contributed by atoms with Crippen molar-refractivity contribution >= 4 is 42.3 Å². The second-order valence-corrected chi connectivity index (χ2v) is 6.69. The highest BCUT2D eigenvalue weighted by Gasteiger charge is 2.14. The van der Waals surface area contributed by atoms with E-state index in [-0.39, 0.29) is 0 Å². The first-order valence-electron chi connectivity index (χ1n) is 7.08. The summed E-state index contributed by atoms with van der Waals surface area (Å²) in [5.74, 6) is 0.539. The lowest BCUT2D eigenvalue weighted by atomic mass is 9.94. The molecule has 1 heteroatoms. The normalized spacial score (nSPS) is 11.9. The van der Waals surface area contributed by atoms with E-state index in [1.807, 2.05) is 11.3 Å². The van der Waals surface area contributed by atoms with Crippen molar-refractivity contribution in [1.82, 2.24) is 0 Å². The van der Waals surface area contributed by atoms with Crippen LogP contribution in [-0.2, 0) is 0 Å². The highest BCUT2D eigenvalue weighted by atomic mass is 32.1. The number of hydrogen-bond donors (Lipinski definition) is 0. The number of hydrogen-bond acceptors (Lipinski definition) is 1. The molecule has 0 N–H and O–H groups in total. The van der Waals surface area contributed by atoms with Crippen molar-refractivity contribution < 1.29 is 0 Å². The molecule has 0 atom stereocenters. The summed E-state index contributed by atoms with van der Waals surface area (Å²) in [4.78, 5) is 0. The third-order valence-corrected chi connectivity index (χ3v) is 5.23.